The van der Waals surface area contributed by atoms with Crippen LogP contribution < -0.4 is 9.47 Å². The minimum absolute atomic E-state index is 0.394. The Kier molecular flexibility index (Phi) is 6.10. The molecule has 1 aliphatic carbocycles. The van der Waals surface area contributed by atoms with Crippen molar-refractivity contribution in [2.75, 3.05) is 7.11 Å². The SMILES string of the molecule is COc1ccc2c(c1OCc1ccccc1)CCC(CC#N)=C2O[Si](C)(C)C. The molecule has 3 rings (SSSR count). The van der Waals surface area contributed by atoms with Crippen LogP contribution in [0.1, 0.15) is 29.5 Å². The van der Waals surface area contributed by atoms with Gasteiger partial charge in [-0.3, -0.25) is 0 Å². The number of nitrogens with zero attached hydrogens (tertiary/aromatic N) is 1. The van der Waals surface area contributed by atoms with Gasteiger partial charge in [-0.25, -0.2) is 0 Å². The van der Waals surface area contributed by atoms with E-state index in [4.69, 9.17) is 13.9 Å². The molecule has 0 radical (unpaired) electrons. The fourth-order valence-corrected chi connectivity index (χ4v) is 4.26. The van der Waals surface area contributed by atoms with Crippen molar-refractivity contribution >= 4 is 14.1 Å². The van der Waals surface area contributed by atoms with Crippen molar-refractivity contribution in [1.29, 1.82) is 5.26 Å². The number of hydrogen-bond donors (Lipinski definition) is 0. The van der Waals surface area contributed by atoms with Crippen molar-refractivity contribution < 1.29 is 13.9 Å². The lowest BCUT2D eigenvalue weighted by Gasteiger charge is -2.30. The number of rotatable bonds is 7. The van der Waals surface area contributed by atoms with Crippen molar-refractivity contribution in [3.8, 4) is 17.6 Å². The number of ether oxygens (including phenoxy) is 2. The van der Waals surface area contributed by atoms with Crippen molar-refractivity contribution in [3.63, 3.8) is 0 Å². The standard InChI is InChI=1S/C23H27NO3Si/c1-25-21-13-12-19-20(23(21)26-16-17-8-6-5-7-9-17)11-10-18(14-15-24)22(19)27-28(2,3)4/h5-9,12-13H,10-11,14,16H2,1-4H3. The van der Waals surface area contributed by atoms with Gasteiger partial charge in [0.25, 0.3) is 0 Å². The van der Waals surface area contributed by atoms with E-state index in [1.165, 1.54) is 0 Å². The van der Waals surface area contributed by atoms with Crippen LogP contribution in [-0.2, 0) is 17.5 Å². The molecule has 0 spiro atoms. The molecular weight excluding hydrogens is 366 g/mol. The van der Waals surface area contributed by atoms with Gasteiger partial charge in [-0.05, 0) is 55.8 Å². The summed E-state index contributed by atoms with van der Waals surface area (Å²) in [6.07, 6.45) is 2.01. The van der Waals surface area contributed by atoms with E-state index in [2.05, 4.69) is 25.7 Å². The highest BCUT2D eigenvalue weighted by molar-refractivity contribution is 6.70. The Morgan fingerprint density at radius 3 is 2.43 bits per heavy atom. The molecule has 28 heavy (non-hydrogen) atoms. The molecule has 0 saturated heterocycles. The summed E-state index contributed by atoms with van der Waals surface area (Å²) in [5, 5.41) is 9.26. The van der Waals surface area contributed by atoms with E-state index in [1.807, 2.05) is 42.5 Å². The first-order valence-corrected chi connectivity index (χ1v) is 13.0. The molecule has 4 nitrogen and oxygen atoms in total. The maximum Gasteiger partial charge on any atom is 0.242 e. The molecule has 5 heteroatoms. The Morgan fingerprint density at radius 2 is 1.79 bits per heavy atom. The first-order chi connectivity index (χ1) is 13.4. The number of nitriles is 1. The summed E-state index contributed by atoms with van der Waals surface area (Å²) in [5.41, 5.74) is 4.32. The zero-order valence-corrected chi connectivity index (χ0v) is 18.0. The average molecular weight is 394 g/mol. The van der Waals surface area contributed by atoms with E-state index >= 15 is 0 Å². The maximum atomic E-state index is 9.26. The molecule has 0 fully saturated rings. The zero-order chi connectivity index (χ0) is 20.1. The highest BCUT2D eigenvalue weighted by atomic mass is 28.4. The second-order valence-electron chi connectivity index (χ2n) is 7.88. The molecule has 0 aliphatic heterocycles. The van der Waals surface area contributed by atoms with E-state index in [0.29, 0.717) is 13.0 Å². The highest BCUT2D eigenvalue weighted by Gasteiger charge is 2.29. The van der Waals surface area contributed by atoms with Crippen LogP contribution in [0, 0.1) is 11.3 Å². The van der Waals surface area contributed by atoms with Crippen LogP contribution in [0.3, 0.4) is 0 Å². The van der Waals surface area contributed by atoms with Gasteiger partial charge in [0.1, 0.15) is 12.4 Å². The van der Waals surface area contributed by atoms with Crippen LogP contribution in [-0.4, -0.2) is 15.4 Å². The average Bonchev–Trinajstić information content (AvgIpc) is 2.67. The summed E-state index contributed by atoms with van der Waals surface area (Å²) in [7, 11) is -0.171. The van der Waals surface area contributed by atoms with Gasteiger partial charge < -0.3 is 13.9 Å². The molecule has 0 heterocycles. The van der Waals surface area contributed by atoms with Crippen LogP contribution in [0.5, 0.6) is 11.5 Å². The molecule has 0 bridgehead atoms. The number of fused-ring (bicyclic) bond motifs is 1. The third kappa shape index (κ3) is 4.57. The topological polar surface area (TPSA) is 51.5 Å². The predicted octanol–water partition coefficient (Wildman–Crippen LogP) is 5.70. The van der Waals surface area contributed by atoms with E-state index < -0.39 is 8.32 Å². The van der Waals surface area contributed by atoms with Crippen LogP contribution in [0.2, 0.25) is 19.6 Å². The van der Waals surface area contributed by atoms with E-state index in [9.17, 15) is 5.26 Å². The molecule has 0 atom stereocenters. The number of methoxy groups -OCH3 is 1. The molecule has 146 valence electrons. The van der Waals surface area contributed by atoms with E-state index in [-0.39, 0.29) is 0 Å². The summed E-state index contributed by atoms with van der Waals surface area (Å²) in [4.78, 5) is 0. The summed E-state index contributed by atoms with van der Waals surface area (Å²) < 4.78 is 18.2. The molecule has 0 saturated carbocycles. The number of benzene rings is 2. The summed E-state index contributed by atoms with van der Waals surface area (Å²) >= 11 is 0. The largest absolute Gasteiger partial charge is 0.544 e. The van der Waals surface area contributed by atoms with Gasteiger partial charge in [0.05, 0.1) is 19.6 Å². The lowest BCUT2D eigenvalue weighted by Crippen LogP contribution is -2.26. The second kappa shape index (κ2) is 8.53. The lowest BCUT2D eigenvalue weighted by molar-refractivity contribution is 0.280. The summed E-state index contributed by atoms with van der Waals surface area (Å²) in [6, 6.07) is 16.4. The second-order valence-corrected chi connectivity index (χ2v) is 12.3. The van der Waals surface area contributed by atoms with Crippen molar-refractivity contribution in [3.05, 3.63) is 64.7 Å². The Morgan fingerprint density at radius 1 is 1.04 bits per heavy atom. The maximum absolute atomic E-state index is 9.26. The lowest BCUT2D eigenvalue weighted by atomic mass is 9.88. The van der Waals surface area contributed by atoms with Crippen LogP contribution in [0.4, 0.5) is 0 Å². The van der Waals surface area contributed by atoms with Crippen molar-refractivity contribution in [2.45, 2.75) is 45.5 Å². The van der Waals surface area contributed by atoms with Gasteiger partial charge in [-0.2, -0.15) is 5.26 Å². The molecule has 1 aliphatic rings. The zero-order valence-electron chi connectivity index (χ0n) is 17.0. The molecule has 0 aromatic heterocycles. The van der Waals surface area contributed by atoms with Gasteiger partial charge in [0.2, 0.25) is 8.32 Å². The molecular formula is C23H27NO3Si. The third-order valence-corrected chi connectivity index (χ3v) is 5.43. The molecule has 2 aromatic rings. The summed E-state index contributed by atoms with van der Waals surface area (Å²) in [6.45, 7) is 6.96. The summed E-state index contributed by atoms with van der Waals surface area (Å²) in [5.74, 6) is 2.37. The van der Waals surface area contributed by atoms with Crippen LogP contribution >= 0.6 is 0 Å². The highest BCUT2D eigenvalue weighted by Crippen LogP contribution is 2.43. The van der Waals surface area contributed by atoms with Gasteiger partial charge in [-0.15, -0.1) is 0 Å². The first kappa shape index (κ1) is 20.0. The normalized spacial score (nSPS) is 13.5. The quantitative estimate of drug-likeness (QED) is 0.567. The van der Waals surface area contributed by atoms with Gasteiger partial charge in [0.15, 0.2) is 11.5 Å². The van der Waals surface area contributed by atoms with E-state index in [0.717, 1.165) is 52.4 Å². The fraction of sp³-hybridized carbons (Fsp3) is 0.348. The minimum Gasteiger partial charge on any atom is -0.544 e. The Labute approximate surface area is 168 Å². The number of allylic oxidation sites excluding steroid dienone is 1. The monoisotopic (exact) mass is 393 g/mol. The fourth-order valence-electron chi connectivity index (χ4n) is 3.39. The molecule has 0 N–H and O–H groups in total. The third-order valence-electron chi connectivity index (χ3n) is 4.61. The van der Waals surface area contributed by atoms with Gasteiger partial charge in [-0.1, -0.05) is 30.3 Å². The van der Waals surface area contributed by atoms with Crippen molar-refractivity contribution in [1.82, 2.24) is 0 Å². The van der Waals surface area contributed by atoms with E-state index in [1.54, 1.807) is 7.11 Å². The Balaban J connectivity index is 2.02. The van der Waals surface area contributed by atoms with Crippen LogP contribution in [0.15, 0.2) is 48.0 Å². The Bertz CT molecular complexity index is 908. The Hall–Kier alpha value is -2.71. The molecule has 0 amide bonds. The van der Waals surface area contributed by atoms with Gasteiger partial charge >= 0.3 is 0 Å². The van der Waals surface area contributed by atoms with Crippen LogP contribution in [0.25, 0.3) is 5.76 Å². The number of hydrogen-bond acceptors (Lipinski definition) is 4. The van der Waals surface area contributed by atoms with Gasteiger partial charge in [0, 0.05) is 11.1 Å². The molecule has 0 unspecified atom stereocenters. The smallest absolute Gasteiger partial charge is 0.242 e. The van der Waals surface area contributed by atoms with Crippen molar-refractivity contribution in [2.24, 2.45) is 0 Å². The first-order valence-electron chi connectivity index (χ1n) is 9.58. The molecule has 2 aromatic carbocycles. The predicted molar refractivity (Wildman–Crippen MR) is 114 cm³/mol. The minimum atomic E-state index is -1.83.